The minimum Gasteiger partial charge on any atom is -0.507 e. The lowest BCUT2D eigenvalue weighted by Crippen LogP contribution is -2.42. The van der Waals surface area contributed by atoms with E-state index in [-0.39, 0.29) is 24.5 Å². The summed E-state index contributed by atoms with van der Waals surface area (Å²) in [6.07, 6.45) is -0.591. The van der Waals surface area contributed by atoms with Gasteiger partial charge in [-0.2, -0.15) is 0 Å². The first-order valence-electron chi connectivity index (χ1n) is 14.7. The number of aromatic hydroxyl groups is 1. The van der Waals surface area contributed by atoms with E-state index in [0.717, 1.165) is 32.9 Å². The van der Waals surface area contributed by atoms with Gasteiger partial charge in [-0.05, 0) is 78.0 Å². The van der Waals surface area contributed by atoms with E-state index in [9.17, 15) is 19.1 Å². The third-order valence-electron chi connectivity index (χ3n) is 7.82. The monoisotopic (exact) mass is 589 g/mol. The van der Waals surface area contributed by atoms with Crippen LogP contribution in [0.3, 0.4) is 0 Å². The van der Waals surface area contributed by atoms with Gasteiger partial charge in [0.2, 0.25) is 0 Å². The van der Waals surface area contributed by atoms with Crippen molar-refractivity contribution in [3.8, 4) is 5.75 Å². The van der Waals surface area contributed by atoms with Gasteiger partial charge in [-0.15, -0.1) is 5.06 Å². The Morgan fingerprint density at radius 3 is 1.93 bits per heavy atom. The van der Waals surface area contributed by atoms with Crippen molar-refractivity contribution < 1.29 is 28.7 Å². The molecule has 7 heteroatoms. The fourth-order valence-electron chi connectivity index (χ4n) is 5.81. The number of benzene rings is 3. The second-order valence-electron chi connectivity index (χ2n) is 14.7. The Hall–Kier alpha value is -3.87. The SMILES string of the molecule is CC(C)(C)OC(=O)N1C[C@](Cc2ccc(F)cc2)([C@@H](c2ccccc2)c2cc(C(C)(C)C)c(O)c(C(C)(C)C)c2)C(=O)O1. The molecule has 1 amide bonds. The van der Waals surface area contributed by atoms with Crippen molar-refractivity contribution in [1.29, 1.82) is 0 Å². The minimum absolute atomic E-state index is 0.0890. The number of rotatable bonds is 5. The van der Waals surface area contributed by atoms with E-state index < -0.39 is 39.8 Å². The van der Waals surface area contributed by atoms with E-state index >= 15 is 0 Å². The molecule has 3 aromatic carbocycles. The van der Waals surface area contributed by atoms with Crippen molar-refractivity contribution in [3.05, 3.63) is 100 Å². The average molecular weight is 590 g/mol. The highest BCUT2D eigenvalue weighted by Gasteiger charge is 2.57. The number of nitrogens with zero attached hydrogens (tertiary/aromatic N) is 1. The normalized spacial score (nSPS) is 18.4. The summed E-state index contributed by atoms with van der Waals surface area (Å²) in [6, 6.07) is 19.6. The molecule has 1 saturated heterocycles. The van der Waals surface area contributed by atoms with Crippen LogP contribution < -0.4 is 0 Å². The molecule has 0 bridgehead atoms. The van der Waals surface area contributed by atoms with Crippen molar-refractivity contribution in [2.75, 3.05) is 6.54 Å². The molecule has 1 aliphatic heterocycles. The van der Waals surface area contributed by atoms with Crippen LogP contribution in [0.1, 0.15) is 96.0 Å². The van der Waals surface area contributed by atoms with Gasteiger partial charge in [0.05, 0.1) is 6.54 Å². The number of hydrogen-bond acceptors (Lipinski definition) is 5. The van der Waals surface area contributed by atoms with E-state index in [1.807, 2.05) is 84.0 Å². The summed E-state index contributed by atoms with van der Waals surface area (Å²) in [4.78, 5) is 33.2. The lowest BCUT2D eigenvalue weighted by atomic mass is 9.64. The van der Waals surface area contributed by atoms with Crippen LogP contribution in [0.2, 0.25) is 0 Å². The molecular weight excluding hydrogens is 545 g/mol. The summed E-state index contributed by atoms with van der Waals surface area (Å²) >= 11 is 0. The number of hydrogen-bond donors (Lipinski definition) is 1. The molecule has 6 nitrogen and oxygen atoms in total. The van der Waals surface area contributed by atoms with Crippen LogP contribution in [-0.4, -0.2) is 34.4 Å². The molecule has 0 aromatic heterocycles. The molecule has 0 spiro atoms. The van der Waals surface area contributed by atoms with Crippen molar-refractivity contribution in [2.45, 2.75) is 91.1 Å². The van der Waals surface area contributed by atoms with Gasteiger partial charge >= 0.3 is 12.1 Å². The first-order valence-corrected chi connectivity index (χ1v) is 14.7. The molecule has 1 N–H and O–H groups in total. The smallest absolute Gasteiger partial charge is 0.443 e. The fourth-order valence-corrected chi connectivity index (χ4v) is 5.81. The summed E-state index contributed by atoms with van der Waals surface area (Å²) in [5.74, 6) is -1.33. The number of carbonyl (C=O) groups excluding carboxylic acids is 2. The van der Waals surface area contributed by atoms with E-state index in [4.69, 9.17) is 9.57 Å². The van der Waals surface area contributed by atoms with E-state index in [1.54, 1.807) is 32.9 Å². The highest BCUT2D eigenvalue weighted by Crippen LogP contribution is 2.51. The summed E-state index contributed by atoms with van der Waals surface area (Å²) < 4.78 is 19.5. The number of ether oxygens (including phenoxy) is 1. The zero-order valence-corrected chi connectivity index (χ0v) is 26.7. The molecule has 0 unspecified atom stereocenters. The molecule has 1 heterocycles. The molecule has 1 aliphatic rings. The van der Waals surface area contributed by atoms with E-state index in [2.05, 4.69) is 0 Å². The molecule has 3 aromatic rings. The Morgan fingerprint density at radius 1 is 0.907 bits per heavy atom. The minimum atomic E-state index is -1.31. The Balaban J connectivity index is 2.02. The zero-order chi connectivity index (χ0) is 32.0. The maximum atomic E-state index is 14.3. The van der Waals surface area contributed by atoms with Gasteiger partial charge in [-0.25, -0.2) is 14.0 Å². The number of phenols is 1. The molecule has 0 aliphatic carbocycles. The number of phenolic OH excluding ortho intramolecular Hbond substituents is 1. The van der Waals surface area contributed by atoms with Crippen LogP contribution in [0.25, 0.3) is 0 Å². The lowest BCUT2D eigenvalue weighted by molar-refractivity contribution is -0.169. The molecule has 1 fully saturated rings. The average Bonchev–Trinajstić information content (AvgIpc) is 3.21. The van der Waals surface area contributed by atoms with Crippen LogP contribution in [-0.2, 0) is 31.6 Å². The van der Waals surface area contributed by atoms with Crippen molar-refractivity contribution >= 4 is 12.1 Å². The third kappa shape index (κ3) is 6.87. The van der Waals surface area contributed by atoms with Crippen LogP contribution in [0.4, 0.5) is 9.18 Å². The summed E-state index contributed by atoms with van der Waals surface area (Å²) in [6.45, 7) is 17.4. The molecule has 4 rings (SSSR count). The Labute approximate surface area is 254 Å². The van der Waals surface area contributed by atoms with Crippen molar-refractivity contribution in [3.63, 3.8) is 0 Å². The van der Waals surface area contributed by atoms with Crippen LogP contribution in [0, 0.1) is 11.2 Å². The van der Waals surface area contributed by atoms with Crippen molar-refractivity contribution in [2.24, 2.45) is 5.41 Å². The third-order valence-corrected chi connectivity index (χ3v) is 7.82. The maximum Gasteiger partial charge on any atom is 0.443 e. The molecule has 2 atom stereocenters. The van der Waals surface area contributed by atoms with Gasteiger partial charge < -0.3 is 14.7 Å². The summed E-state index contributed by atoms with van der Waals surface area (Å²) in [5.41, 5.74) is 0.945. The Bertz CT molecular complexity index is 1440. The second-order valence-corrected chi connectivity index (χ2v) is 14.7. The predicted molar refractivity (Wildman–Crippen MR) is 165 cm³/mol. The number of carbonyl (C=O) groups is 2. The Morgan fingerprint density at radius 2 is 1.44 bits per heavy atom. The molecule has 0 radical (unpaired) electrons. The second kappa shape index (κ2) is 11.3. The highest BCUT2D eigenvalue weighted by atomic mass is 19.1. The fraction of sp³-hybridized carbons (Fsp3) is 0.444. The topological polar surface area (TPSA) is 76.1 Å². The largest absolute Gasteiger partial charge is 0.507 e. The van der Waals surface area contributed by atoms with Gasteiger partial charge in [0.1, 0.15) is 22.6 Å². The van der Waals surface area contributed by atoms with Crippen LogP contribution in [0.5, 0.6) is 5.75 Å². The van der Waals surface area contributed by atoms with Gasteiger partial charge in [0.15, 0.2) is 0 Å². The predicted octanol–water partition coefficient (Wildman–Crippen LogP) is 8.20. The quantitative estimate of drug-likeness (QED) is 0.325. The number of hydroxylamine groups is 2. The van der Waals surface area contributed by atoms with Gasteiger partial charge in [-0.3, -0.25) is 0 Å². The highest BCUT2D eigenvalue weighted by molar-refractivity contribution is 5.85. The van der Waals surface area contributed by atoms with Gasteiger partial charge in [-0.1, -0.05) is 96.1 Å². The first-order chi connectivity index (χ1) is 19.8. The molecule has 0 saturated carbocycles. The van der Waals surface area contributed by atoms with Gasteiger partial charge in [0, 0.05) is 5.92 Å². The molecule has 43 heavy (non-hydrogen) atoms. The Kier molecular flexibility index (Phi) is 8.44. The van der Waals surface area contributed by atoms with Crippen LogP contribution >= 0.6 is 0 Å². The maximum absolute atomic E-state index is 14.3. The van der Waals surface area contributed by atoms with Crippen LogP contribution in [0.15, 0.2) is 66.7 Å². The zero-order valence-electron chi connectivity index (χ0n) is 26.7. The number of halogens is 1. The first kappa shape index (κ1) is 32.1. The van der Waals surface area contributed by atoms with Crippen molar-refractivity contribution in [1.82, 2.24) is 5.06 Å². The standard InChI is InChI=1S/C36H44FNO5/c1-33(2,3)27-19-25(20-28(30(27)39)34(4,5)6)29(24-13-11-10-12-14-24)36(21-23-15-17-26(37)18-16-23)22-38(43-31(36)40)32(41)42-35(7,8)9/h10-20,29,39H,21-22H2,1-9H3/t29-,36+/m0/s1. The molecule has 230 valence electrons. The number of amides is 1. The van der Waals surface area contributed by atoms with Gasteiger partial charge in [0.25, 0.3) is 0 Å². The summed E-state index contributed by atoms with van der Waals surface area (Å²) in [5, 5.41) is 12.5. The van der Waals surface area contributed by atoms with E-state index in [0.29, 0.717) is 0 Å². The summed E-state index contributed by atoms with van der Waals surface area (Å²) in [7, 11) is 0. The lowest BCUT2D eigenvalue weighted by Gasteiger charge is -2.37. The van der Waals surface area contributed by atoms with E-state index in [1.165, 1.54) is 12.1 Å². The molecular formula is C36H44FNO5.